The Kier molecular flexibility index (Phi) is 4.14. The molecule has 0 saturated carbocycles. The van der Waals surface area contributed by atoms with Crippen molar-refractivity contribution in [3.63, 3.8) is 0 Å². The molecule has 1 aromatic rings. The summed E-state index contributed by atoms with van der Waals surface area (Å²) < 4.78 is 1.06. The first-order valence-corrected chi connectivity index (χ1v) is 5.41. The molecular weight excluding hydrogens is 242 g/mol. The van der Waals surface area contributed by atoms with Crippen LogP contribution in [0.5, 0.6) is 0 Å². The van der Waals surface area contributed by atoms with Gasteiger partial charge in [-0.1, -0.05) is 35.0 Å². The van der Waals surface area contributed by atoms with Crippen LogP contribution in [0, 0.1) is 0 Å². The SMILES string of the molecule is CCC(c1ccc(Br)cc1)N(C)C=O. The lowest BCUT2D eigenvalue weighted by atomic mass is 10.0. The number of hydrogen-bond donors (Lipinski definition) is 0. The molecule has 1 atom stereocenters. The first-order valence-electron chi connectivity index (χ1n) is 4.61. The van der Waals surface area contributed by atoms with Crippen molar-refractivity contribution >= 4 is 22.3 Å². The summed E-state index contributed by atoms with van der Waals surface area (Å²) in [4.78, 5) is 12.4. The maximum atomic E-state index is 10.7. The third-order valence-electron chi connectivity index (χ3n) is 2.30. The zero-order chi connectivity index (χ0) is 10.6. The molecule has 0 aliphatic carbocycles. The molecule has 2 nitrogen and oxygen atoms in total. The van der Waals surface area contributed by atoms with Crippen LogP contribution < -0.4 is 0 Å². The Bertz CT molecular complexity index is 297. The van der Waals surface area contributed by atoms with Crippen molar-refractivity contribution < 1.29 is 4.79 Å². The van der Waals surface area contributed by atoms with Crippen molar-refractivity contribution in [3.8, 4) is 0 Å². The molecule has 1 amide bonds. The number of hydrogen-bond acceptors (Lipinski definition) is 1. The van der Waals surface area contributed by atoms with Crippen LogP contribution in [0.2, 0.25) is 0 Å². The lowest BCUT2D eigenvalue weighted by molar-refractivity contribution is -0.119. The molecule has 0 N–H and O–H groups in total. The fourth-order valence-corrected chi connectivity index (χ4v) is 1.78. The summed E-state index contributed by atoms with van der Waals surface area (Å²) >= 11 is 3.39. The number of benzene rings is 1. The molecule has 0 heterocycles. The standard InChI is InChI=1S/C11H14BrNO/c1-3-11(13(2)8-14)9-4-6-10(12)7-5-9/h4-8,11H,3H2,1-2H3. The molecule has 0 aromatic heterocycles. The van der Waals surface area contributed by atoms with Crippen molar-refractivity contribution in [2.45, 2.75) is 19.4 Å². The van der Waals surface area contributed by atoms with Gasteiger partial charge in [0.2, 0.25) is 6.41 Å². The van der Waals surface area contributed by atoms with Crippen LogP contribution in [-0.2, 0) is 4.79 Å². The number of carbonyl (C=O) groups is 1. The van der Waals surface area contributed by atoms with E-state index in [-0.39, 0.29) is 6.04 Å². The summed E-state index contributed by atoms with van der Waals surface area (Å²) in [7, 11) is 1.81. The van der Waals surface area contributed by atoms with Crippen molar-refractivity contribution in [1.82, 2.24) is 4.90 Å². The van der Waals surface area contributed by atoms with Gasteiger partial charge in [0.1, 0.15) is 0 Å². The van der Waals surface area contributed by atoms with Crippen LogP contribution in [0.4, 0.5) is 0 Å². The van der Waals surface area contributed by atoms with Gasteiger partial charge >= 0.3 is 0 Å². The molecule has 14 heavy (non-hydrogen) atoms. The average molecular weight is 256 g/mol. The number of carbonyl (C=O) groups excluding carboxylic acids is 1. The van der Waals surface area contributed by atoms with Gasteiger partial charge in [-0.25, -0.2) is 0 Å². The normalized spacial score (nSPS) is 12.2. The molecule has 0 spiro atoms. The summed E-state index contributed by atoms with van der Waals surface area (Å²) in [6.45, 7) is 2.08. The highest BCUT2D eigenvalue weighted by molar-refractivity contribution is 9.10. The lowest BCUT2D eigenvalue weighted by Crippen LogP contribution is -2.22. The number of amides is 1. The Morgan fingerprint density at radius 1 is 1.43 bits per heavy atom. The first-order chi connectivity index (χ1) is 6.69. The molecule has 0 saturated heterocycles. The Labute approximate surface area is 93.0 Å². The maximum absolute atomic E-state index is 10.7. The topological polar surface area (TPSA) is 20.3 Å². The minimum Gasteiger partial charge on any atom is -0.341 e. The van der Waals surface area contributed by atoms with E-state index in [1.54, 1.807) is 4.90 Å². The summed E-state index contributed by atoms with van der Waals surface area (Å²) in [6, 6.07) is 8.25. The fourth-order valence-electron chi connectivity index (χ4n) is 1.52. The van der Waals surface area contributed by atoms with Gasteiger partial charge in [-0.05, 0) is 24.1 Å². The van der Waals surface area contributed by atoms with E-state index in [0.717, 1.165) is 17.3 Å². The second-order valence-corrected chi connectivity index (χ2v) is 4.16. The summed E-state index contributed by atoms with van der Waals surface area (Å²) in [5.74, 6) is 0. The van der Waals surface area contributed by atoms with Gasteiger partial charge in [-0.3, -0.25) is 4.79 Å². The van der Waals surface area contributed by atoms with E-state index in [9.17, 15) is 4.79 Å². The van der Waals surface area contributed by atoms with Crippen LogP contribution in [0.15, 0.2) is 28.7 Å². The molecule has 0 bridgehead atoms. The largest absolute Gasteiger partial charge is 0.341 e. The molecule has 0 fully saturated rings. The predicted molar refractivity (Wildman–Crippen MR) is 61.0 cm³/mol. The summed E-state index contributed by atoms with van der Waals surface area (Å²) in [6.07, 6.45) is 1.80. The fraction of sp³-hybridized carbons (Fsp3) is 0.364. The van der Waals surface area contributed by atoms with Gasteiger partial charge in [-0.2, -0.15) is 0 Å². The number of rotatable bonds is 4. The second-order valence-electron chi connectivity index (χ2n) is 3.25. The van der Waals surface area contributed by atoms with E-state index >= 15 is 0 Å². The Balaban J connectivity index is 2.89. The second kappa shape index (κ2) is 5.15. The van der Waals surface area contributed by atoms with Crippen molar-refractivity contribution in [3.05, 3.63) is 34.3 Å². The predicted octanol–water partition coefficient (Wildman–Crippen LogP) is 2.99. The maximum Gasteiger partial charge on any atom is 0.209 e. The monoisotopic (exact) mass is 255 g/mol. The summed E-state index contributed by atoms with van der Waals surface area (Å²) in [5.41, 5.74) is 1.17. The van der Waals surface area contributed by atoms with Gasteiger partial charge in [0, 0.05) is 11.5 Å². The smallest absolute Gasteiger partial charge is 0.209 e. The molecule has 0 aliphatic heterocycles. The molecule has 3 heteroatoms. The van der Waals surface area contributed by atoms with Crippen LogP contribution in [0.3, 0.4) is 0 Å². The number of nitrogens with zero attached hydrogens (tertiary/aromatic N) is 1. The average Bonchev–Trinajstić information content (AvgIpc) is 2.21. The van der Waals surface area contributed by atoms with E-state index in [0.29, 0.717) is 0 Å². The number of halogens is 1. The minimum atomic E-state index is 0.181. The molecule has 0 radical (unpaired) electrons. The van der Waals surface area contributed by atoms with Gasteiger partial charge < -0.3 is 4.90 Å². The summed E-state index contributed by atoms with van der Waals surface area (Å²) in [5, 5.41) is 0. The van der Waals surface area contributed by atoms with E-state index in [2.05, 4.69) is 22.9 Å². The van der Waals surface area contributed by atoms with Crippen LogP contribution in [-0.4, -0.2) is 18.4 Å². The van der Waals surface area contributed by atoms with E-state index < -0.39 is 0 Å². The third-order valence-corrected chi connectivity index (χ3v) is 2.83. The quantitative estimate of drug-likeness (QED) is 0.758. The zero-order valence-corrected chi connectivity index (χ0v) is 9.99. The van der Waals surface area contributed by atoms with Gasteiger partial charge in [0.05, 0.1) is 6.04 Å². The molecule has 76 valence electrons. The zero-order valence-electron chi connectivity index (χ0n) is 8.40. The van der Waals surface area contributed by atoms with Crippen LogP contribution in [0.1, 0.15) is 24.9 Å². The Morgan fingerprint density at radius 2 is 2.00 bits per heavy atom. The molecule has 1 aromatic carbocycles. The highest BCUT2D eigenvalue weighted by Crippen LogP contribution is 2.23. The third kappa shape index (κ3) is 2.58. The van der Waals surface area contributed by atoms with Gasteiger partial charge in [-0.15, -0.1) is 0 Å². The van der Waals surface area contributed by atoms with Crippen LogP contribution in [0.25, 0.3) is 0 Å². The molecule has 1 rings (SSSR count). The van der Waals surface area contributed by atoms with E-state index in [4.69, 9.17) is 0 Å². The molecule has 0 aliphatic rings. The Morgan fingerprint density at radius 3 is 2.43 bits per heavy atom. The van der Waals surface area contributed by atoms with E-state index in [1.807, 2.05) is 31.3 Å². The highest BCUT2D eigenvalue weighted by Gasteiger charge is 2.12. The highest BCUT2D eigenvalue weighted by atomic mass is 79.9. The van der Waals surface area contributed by atoms with E-state index in [1.165, 1.54) is 5.56 Å². The van der Waals surface area contributed by atoms with Crippen molar-refractivity contribution in [1.29, 1.82) is 0 Å². The molecule has 1 unspecified atom stereocenters. The first kappa shape index (κ1) is 11.2. The minimum absolute atomic E-state index is 0.181. The van der Waals surface area contributed by atoms with Crippen molar-refractivity contribution in [2.24, 2.45) is 0 Å². The Hall–Kier alpha value is -0.830. The molecular formula is C11H14BrNO. The van der Waals surface area contributed by atoms with Crippen molar-refractivity contribution in [2.75, 3.05) is 7.05 Å². The van der Waals surface area contributed by atoms with Gasteiger partial charge in [0.25, 0.3) is 0 Å². The van der Waals surface area contributed by atoms with Crippen LogP contribution >= 0.6 is 15.9 Å². The lowest BCUT2D eigenvalue weighted by Gasteiger charge is -2.23. The van der Waals surface area contributed by atoms with Gasteiger partial charge in [0.15, 0.2) is 0 Å².